The van der Waals surface area contributed by atoms with Crippen molar-refractivity contribution in [1.29, 1.82) is 0 Å². The number of fused-ring (bicyclic) bond motifs is 2. The van der Waals surface area contributed by atoms with Gasteiger partial charge < -0.3 is 4.55 Å². The van der Waals surface area contributed by atoms with Crippen LogP contribution in [0.5, 0.6) is 0 Å². The van der Waals surface area contributed by atoms with E-state index in [0.717, 1.165) is 27.1 Å². The zero-order chi connectivity index (χ0) is 27.3. The van der Waals surface area contributed by atoms with Crippen LogP contribution in [0.15, 0.2) is 70.5 Å². The van der Waals surface area contributed by atoms with Gasteiger partial charge in [-0.2, -0.15) is 0 Å². The summed E-state index contributed by atoms with van der Waals surface area (Å²) >= 11 is -2.23. The SMILES string of the molecule is CC(C)NS(=O)c1ccc2cc(C(C)(C)C)ccc2c1-c1c(S(=O)O)ccc2cc(C(C)(C)C)ccc12. The summed E-state index contributed by atoms with van der Waals surface area (Å²) in [5.41, 5.74) is 3.69. The molecule has 0 heterocycles. The highest BCUT2D eigenvalue weighted by Gasteiger charge is 2.24. The van der Waals surface area contributed by atoms with Crippen molar-refractivity contribution in [2.75, 3.05) is 0 Å². The molecule has 2 N–H and O–H groups in total. The van der Waals surface area contributed by atoms with Gasteiger partial charge in [0.2, 0.25) is 0 Å². The predicted octanol–water partition coefficient (Wildman–Crippen LogP) is 7.86. The minimum Gasteiger partial charge on any atom is -0.302 e. The average molecular weight is 536 g/mol. The van der Waals surface area contributed by atoms with E-state index in [4.69, 9.17) is 0 Å². The minimum absolute atomic E-state index is 0.000882. The Morgan fingerprint density at radius 3 is 1.51 bits per heavy atom. The van der Waals surface area contributed by atoms with E-state index in [-0.39, 0.29) is 16.9 Å². The zero-order valence-corrected chi connectivity index (χ0v) is 24.6. The molecule has 196 valence electrons. The van der Waals surface area contributed by atoms with Gasteiger partial charge in [-0.25, -0.2) is 13.1 Å². The van der Waals surface area contributed by atoms with E-state index in [1.165, 1.54) is 11.1 Å². The van der Waals surface area contributed by atoms with Crippen molar-refractivity contribution >= 4 is 43.6 Å². The maximum atomic E-state index is 13.6. The molecular formula is C31H37NO3S2. The van der Waals surface area contributed by atoms with Gasteiger partial charge in [0.05, 0.1) is 9.79 Å². The third kappa shape index (κ3) is 5.58. The Bertz CT molecular complexity index is 1540. The maximum absolute atomic E-state index is 13.6. The number of hydrogen-bond donors (Lipinski definition) is 2. The van der Waals surface area contributed by atoms with Gasteiger partial charge in [0.25, 0.3) is 0 Å². The lowest BCUT2D eigenvalue weighted by Crippen LogP contribution is -2.25. The molecule has 6 heteroatoms. The molecule has 0 aliphatic heterocycles. The van der Waals surface area contributed by atoms with Crippen molar-refractivity contribution in [3.63, 3.8) is 0 Å². The van der Waals surface area contributed by atoms with E-state index in [1.54, 1.807) is 6.07 Å². The first-order chi connectivity index (χ1) is 17.2. The van der Waals surface area contributed by atoms with Gasteiger partial charge in [0, 0.05) is 17.2 Å². The Hall–Kier alpha value is -2.38. The lowest BCUT2D eigenvalue weighted by molar-refractivity contribution is 0.564. The van der Waals surface area contributed by atoms with E-state index < -0.39 is 22.1 Å². The first-order valence-electron chi connectivity index (χ1n) is 12.6. The van der Waals surface area contributed by atoms with Crippen LogP contribution < -0.4 is 4.72 Å². The fourth-order valence-corrected chi connectivity index (χ4v) is 6.36. The van der Waals surface area contributed by atoms with Crippen LogP contribution in [0.3, 0.4) is 0 Å². The molecule has 0 aliphatic rings. The number of benzene rings is 4. The average Bonchev–Trinajstić information content (AvgIpc) is 2.80. The van der Waals surface area contributed by atoms with Gasteiger partial charge in [0.1, 0.15) is 11.0 Å². The van der Waals surface area contributed by atoms with E-state index in [0.29, 0.717) is 15.4 Å². The molecule has 0 saturated carbocycles. The number of rotatable bonds is 5. The highest BCUT2D eigenvalue weighted by molar-refractivity contribution is 7.83. The molecule has 0 aliphatic carbocycles. The molecule has 0 saturated heterocycles. The first kappa shape index (κ1) is 27.6. The largest absolute Gasteiger partial charge is 0.302 e. The molecular weight excluding hydrogens is 498 g/mol. The van der Waals surface area contributed by atoms with Crippen LogP contribution in [0.1, 0.15) is 66.5 Å². The number of nitrogens with one attached hydrogen (secondary N) is 1. The molecule has 2 atom stereocenters. The fourth-order valence-electron chi connectivity index (χ4n) is 4.65. The normalized spacial score (nSPS) is 14.4. The van der Waals surface area contributed by atoms with Crippen molar-refractivity contribution in [2.45, 2.75) is 82.1 Å². The van der Waals surface area contributed by atoms with Gasteiger partial charge in [-0.15, -0.1) is 0 Å². The smallest absolute Gasteiger partial charge is 0.187 e. The summed E-state index contributed by atoms with van der Waals surface area (Å²) in [4.78, 5) is 0.912. The molecule has 0 bridgehead atoms. The summed E-state index contributed by atoms with van der Waals surface area (Å²) < 4.78 is 39.8. The van der Waals surface area contributed by atoms with Gasteiger partial charge in [-0.1, -0.05) is 90.1 Å². The molecule has 4 aromatic carbocycles. The maximum Gasteiger partial charge on any atom is 0.187 e. The van der Waals surface area contributed by atoms with Crippen LogP contribution in [0.25, 0.3) is 32.7 Å². The van der Waals surface area contributed by atoms with Gasteiger partial charge >= 0.3 is 0 Å². The number of hydrogen-bond acceptors (Lipinski definition) is 2. The zero-order valence-electron chi connectivity index (χ0n) is 22.9. The standard InChI is InChI=1S/C31H37NO3S2/c1-19(2)32-36(33)26-15-9-20-17-22(30(3,4)5)11-13-24(20)28(26)29-25-14-12-23(31(6,7)8)18-21(25)10-16-27(29)37(34)35/h9-19,32H,1-8H3,(H,34,35). The summed E-state index contributed by atoms with van der Waals surface area (Å²) in [5, 5.41) is 3.76. The van der Waals surface area contributed by atoms with E-state index in [2.05, 4.69) is 76.6 Å². The summed E-state index contributed by atoms with van der Waals surface area (Å²) in [6, 6.07) is 20.1. The Kier molecular flexibility index (Phi) is 7.52. The molecule has 0 radical (unpaired) electrons. The minimum atomic E-state index is -2.23. The molecule has 4 rings (SSSR count). The van der Waals surface area contributed by atoms with Gasteiger partial charge in [-0.05, 0) is 69.5 Å². The first-order valence-corrected chi connectivity index (χ1v) is 14.9. The summed E-state index contributed by atoms with van der Waals surface area (Å²) in [5.74, 6) is 0. The molecule has 4 aromatic rings. The Balaban J connectivity index is 2.16. The molecule has 0 fully saturated rings. The van der Waals surface area contributed by atoms with Crippen molar-refractivity contribution < 1.29 is 13.0 Å². The second-order valence-electron chi connectivity index (χ2n) is 12.0. The molecule has 4 nitrogen and oxygen atoms in total. The highest BCUT2D eigenvalue weighted by atomic mass is 32.2. The lowest BCUT2D eigenvalue weighted by Gasteiger charge is -2.23. The summed E-state index contributed by atoms with van der Waals surface area (Å²) in [6.45, 7) is 16.9. The van der Waals surface area contributed by atoms with E-state index >= 15 is 0 Å². The van der Waals surface area contributed by atoms with Crippen LogP contribution in [0.2, 0.25) is 0 Å². The van der Waals surface area contributed by atoms with Gasteiger partial charge in [-0.3, -0.25) is 0 Å². The second kappa shape index (κ2) is 10.1. The Morgan fingerprint density at radius 1 is 0.676 bits per heavy atom. The van der Waals surface area contributed by atoms with Crippen LogP contribution >= 0.6 is 0 Å². The lowest BCUT2D eigenvalue weighted by atomic mass is 9.83. The molecule has 0 aromatic heterocycles. The topological polar surface area (TPSA) is 66.4 Å². The predicted molar refractivity (Wildman–Crippen MR) is 158 cm³/mol. The van der Waals surface area contributed by atoms with Crippen molar-refractivity contribution in [1.82, 2.24) is 4.72 Å². The Morgan fingerprint density at radius 2 is 1.11 bits per heavy atom. The quantitative estimate of drug-likeness (QED) is 0.256. The van der Waals surface area contributed by atoms with Crippen LogP contribution in [0, 0.1) is 0 Å². The Labute approximate surface area is 225 Å². The molecule has 0 amide bonds. The van der Waals surface area contributed by atoms with Crippen molar-refractivity contribution in [2.24, 2.45) is 0 Å². The van der Waals surface area contributed by atoms with Crippen LogP contribution in [-0.2, 0) is 32.9 Å². The summed E-state index contributed by atoms with van der Waals surface area (Å²) in [7, 11) is -1.52. The van der Waals surface area contributed by atoms with Crippen molar-refractivity contribution in [3.05, 3.63) is 71.8 Å². The molecule has 2 unspecified atom stereocenters. The molecule has 37 heavy (non-hydrogen) atoms. The third-order valence-electron chi connectivity index (χ3n) is 6.68. The monoisotopic (exact) mass is 535 g/mol. The van der Waals surface area contributed by atoms with E-state index in [9.17, 15) is 13.0 Å². The fraction of sp³-hybridized carbons (Fsp3) is 0.355. The molecule has 0 spiro atoms. The van der Waals surface area contributed by atoms with E-state index in [1.807, 2.05) is 38.1 Å². The summed E-state index contributed by atoms with van der Waals surface area (Å²) in [6.07, 6.45) is 0. The highest BCUT2D eigenvalue weighted by Crippen LogP contribution is 2.43. The van der Waals surface area contributed by atoms with Crippen LogP contribution in [-0.4, -0.2) is 19.0 Å². The van der Waals surface area contributed by atoms with Gasteiger partial charge in [0.15, 0.2) is 11.1 Å². The second-order valence-corrected chi connectivity index (χ2v) is 14.2. The van der Waals surface area contributed by atoms with Crippen LogP contribution in [0.4, 0.5) is 0 Å². The third-order valence-corrected chi connectivity index (χ3v) is 8.82. The van der Waals surface area contributed by atoms with Crippen molar-refractivity contribution in [3.8, 4) is 11.1 Å².